The maximum atomic E-state index is 12.6. The minimum Gasteiger partial charge on any atom is -0.352 e. The maximum absolute atomic E-state index is 12.6. The van der Waals surface area contributed by atoms with Crippen LogP contribution in [0.4, 0.5) is 13.2 Å². The first-order chi connectivity index (χ1) is 19.8. The molecule has 0 aromatic heterocycles. The topological polar surface area (TPSA) is 109 Å². The Balaban J connectivity index is 0.947. The average Bonchev–Trinajstić information content (AvgIpc) is 3.69. The third kappa shape index (κ3) is 7.85. The zero-order valence-corrected chi connectivity index (χ0v) is 23.5. The van der Waals surface area contributed by atoms with Gasteiger partial charge in [-0.1, -0.05) is 0 Å². The van der Waals surface area contributed by atoms with Crippen molar-refractivity contribution in [3.05, 3.63) is 0 Å². The number of piperazine rings is 1. The van der Waals surface area contributed by atoms with Crippen LogP contribution in [0.3, 0.4) is 0 Å². The van der Waals surface area contributed by atoms with Crippen LogP contribution in [-0.4, -0.2) is 110 Å². The van der Waals surface area contributed by atoms with Gasteiger partial charge in [0.25, 0.3) is 0 Å². The number of carbonyl (C=O) groups is 1. The fourth-order valence-corrected chi connectivity index (χ4v) is 6.79. The van der Waals surface area contributed by atoms with Crippen LogP contribution in [0.5, 0.6) is 0 Å². The number of guanidine groups is 1. The number of alkyl halides is 3. The van der Waals surface area contributed by atoms with E-state index in [0.717, 1.165) is 63.5 Å². The van der Waals surface area contributed by atoms with Gasteiger partial charge < -0.3 is 15.5 Å². The second-order valence-electron chi connectivity index (χ2n) is 12.6. The number of amides is 1. The first kappa shape index (κ1) is 28.6. The molecule has 4 heterocycles. The minimum atomic E-state index is -4.45. The normalized spacial score (nSPS) is 35.1. The van der Waals surface area contributed by atoms with Crippen molar-refractivity contribution < 1.29 is 18.0 Å². The molecule has 3 N–H and O–H groups in total. The molecule has 6 aliphatic rings. The number of hydrogen-bond acceptors (Lipinski definition) is 7. The second-order valence-corrected chi connectivity index (χ2v) is 12.6. The van der Waals surface area contributed by atoms with Crippen molar-refractivity contribution in [2.24, 2.45) is 37.7 Å². The number of rotatable bonds is 8. The van der Waals surface area contributed by atoms with Gasteiger partial charge in [-0.2, -0.15) is 13.2 Å². The van der Waals surface area contributed by atoms with E-state index in [-0.39, 0.29) is 12.3 Å². The minimum absolute atomic E-state index is 0.147. The highest BCUT2D eigenvalue weighted by Gasteiger charge is 2.39. The van der Waals surface area contributed by atoms with E-state index in [1.807, 2.05) is 6.21 Å². The number of fused-ring (bicyclic) bond motifs is 1. The third-order valence-electron chi connectivity index (χ3n) is 9.31. The zero-order chi connectivity index (χ0) is 28.4. The predicted octanol–water partition coefficient (Wildman–Crippen LogP) is 2.17. The molecule has 13 heteroatoms. The van der Waals surface area contributed by atoms with Crippen LogP contribution in [0.25, 0.3) is 0 Å². The van der Waals surface area contributed by atoms with E-state index in [0.29, 0.717) is 50.1 Å². The van der Waals surface area contributed by atoms with Crippen molar-refractivity contribution in [2.45, 2.75) is 88.4 Å². The van der Waals surface area contributed by atoms with Gasteiger partial charge in [0.1, 0.15) is 25.1 Å². The Morgan fingerprint density at radius 3 is 2.61 bits per heavy atom. The summed E-state index contributed by atoms with van der Waals surface area (Å²) in [5.41, 5.74) is 1.27. The Hall–Kier alpha value is -2.54. The predicted molar refractivity (Wildman–Crippen MR) is 152 cm³/mol. The highest BCUT2D eigenvalue weighted by molar-refractivity contribution is 5.94. The number of aliphatic imine (C=N–C) groups is 4. The Bertz CT molecular complexity index is 1060. The number of carbonyl (C=O) groups excluding carboxylic acids is 1. The molecule has 6 atom stereocenters. The zero-order valence-electron chi connectivity index (χ0n) is 23.5. The summed E-state index contributed by atoms with van der Waals surface area (Å²) in [5, 5.41) is 10.8. The van der Waals surface area contributed by atoms with Gasteiger partial charge in [-0.3, -0.25) is 25.0 Å². The summed E-state index contributed by atoms with van der Waals surface area (Å²) < 4.78 is 37.7. The smallest absolute Gasteiger partial charge is 0.352 e. The van der Waals surface area contributed by atoms with Crippen molar-refractivity contribution in [1.82, 2.24) is 25.8 Å². The fourth-order valence-electron chi connectivity index (χ4n) is 6.79. The molecule has 2 aliphatic carbocycles. The molecule has 2 saturated heterocycles. The third-order valence-corrected chi connectivity index (χ3v) is 9.31. The van der Waals surface area contributed by atoms with Crippen molar-refractivity contribution in [3.63, 3.8) is 0 Å². The molecule has 4 aliphatic heterocycles. The van der Waals surface area contributed by atoms with E-state index in [4.69, 9.17) is 4.99 Å². The molecule has 10 nitrogen and oxygen atoms in total. The monoisotopic (exact) mass is 577 g/mol. The van der Waals surface area contributed by atoms with Crippen molar-refractivity contribution in [1.29, 1.82) is 0 Å². The summed E-state index contributed by atoms with van der Waals surface area (Å²) in [6.45, 7) is 3.77. The summed E-state index contributed by atoms with van der Waals surface area (Å²) in [6, 6.07) is 0.693. The molecule has 0 aromatic carbocycles. The van der Waals surface area contributed by atoms with Crippen LogP contribution in [-0.2, 0) is 4.79 Å². The summed E-state index contributed by atoms with van der Waals surface area (Å²) in [7, 11) is 0. The summed E-state index contributed by atoms with van der Waals surface area (Å²) >= 11 is 0. The quantitative estimate of drug-likeness (QED) is 0.410. The Morgan fingerprint density at radius 2 is 1.83 bits per heavy atom. The van der Waals surface area contributed by atoms with Gasteiger partial charge in [0, 0.05) is 63.2 Å². The van der Waals surface area contributed by atoms with Crippen LogP contribution in [0.2, 0.25) is 0 Å². The lowest BCUT2D eigenvalue weighted by Crippen LogP contribution is -2.50. The van der Waals surface area contributed by atoms with Crippen molar-refractivity contribution >= 4 is 30.1 Å². The Morgan fingerprint density at radius 1 is 1.02 bits per heavy atom. The highest BCUT2D eigenvalue weighted by atomic mass is 19.4. The molecule has 0 aromatic rings. The van der Waals surface area contributed by atoms with E-state index in [1.54, 1.807) is 6.34 Å². The van der Waals surface area contributed by atoms with Crippen LogP contribution in [0.15, 0.2) is 20.0 Å². The standard InChI is InChI=1S/C28H42F3N9O/c29-28(30,31)14-26(41)40-9-7-39(8-10-40)16-19-5-6-32-25(11-19)38-27-36-21-4-3-20(12-23(21)37-27)22-13-24(35-17-34-22)33-15-18-1-2-18/h6,17-21,23-25,33H,1-5,7-16H2,(H2,36,37,38). The van der Waals surface area contributed by atoms with Crippen LogP contribution < -0.4 is 16.0 Å². The lowest BCUT2D eigenvalue weighted by molar-refractivity contribution is -0.162. The van der Waals surface area contributed by atoms with Gasteiger partial charge in [0.2, 0.25) is 5.91 Å². The first-order valence-corrected chi connectivity index (χ1v) is 15.3. The molecule has 0 radical (unpaired) electrons. The van der Waals surface area contributed by atoms with Crippen LogP contribution in [0.1, 0.15) is 57.8 Å². The SMILES string of the molecule is O=C(CC(F)(F)F)N1CCN(CC2CC=NC(N=C3NC4CCC(C5=NC=NC(NCC6CC6)C5)CC4N3)C2)CC1. The lowest BCUT2D eigenvalue weighted by Gasteiger charge is -2.37. The second kappa shape index (κ2) is 12.4. The summed E-state index contributed by atoms with van der Waals surface area (Å²) in [6.07, 6.45) is 6.38. The van der Waals surface area contributed by atoms with E-state index in [1.165, 1.54) is 23.5 Å². The van der Waals surface area contributed by atoms with E-state index in [9.17, 15) is 18.0 Å². The molecule has 0 bridgehead atoms. The largest absolute Gasteiger partial charge is 0.397 e. The molecule has 6 unspecified atom stereocenters. The Labute approximate surface area is 239 Å². The van der Waals surface area contributed by atoms with Crippen LogP contribution >= 0.6 is 0 Å². The molecular weight excluding hydrogens is 535 g/mol. The molecule has 41 heavy (non-hydrogen) atoms. The molecule has 6 rings (SSSR count). The van der Waals surface area contributed by atoms with Crippen LogP contribution in [0, 0.1) is 17.8 Å². The van der Waals surface area contributed by atoms with E-state index < -0.39 is 18.5 Å². The summed E-state index contributed by atoms with van der Waals surface area (Å²) in [5.74, 6) is 1.67. The maximum Gasteiger partial charge on any atom is 0.397 e. The van der Waals surface area contributed by atoms with E-state index in [2.05, 4.69) is 35.8 Å². The molecule has 2 saturated carbocycles. The van der Waals surface area contributed by atoms with E-state index >= 15 is 0 Å². The summed E-state index contributed by atoms with van der Waals surface area (Å²) in [4.78, 5) is 34.3. The van der Waals surface area contributed by atoms with Crippen molar-refractivity contribution in [3.8, 4) is 0 Å². The highest BCUT2D eigenvalue weighted by Crippen LogP contribution is 2.32. The lowest BCUT2D eigenvalue weighted by atomic mass is 9.79. The van der Waals surface area contributed by atoms with Gasteiger partial charge in [-0.05, 0) is 69.2 Å². The number of hydrogen-bond donors (Lipinski definition) is 3. The number of nitrogens with zero attached hydrogens (tertiary/aromatic N) is 6. The Kier molecular flexibility index (Phi) is 8.62. The molecule has 4 fully saturated rings. The molecule has 226 valence electrons. The van der Waals surface area contributed by atoms with Gasteiger partial charge in [-0.15, -0.1) is 0 Å². The van der Waals surface area contributed by atoms with Crippen molar-refractivity contribution in [2.75, 3.05) is 39.3 Å². The average molecular weight is 578 g/mol. The van der Waals surface area contributed by atoms with Gasteiger partial charge >= 0.3 is 6.18 Å². The molecular formula is C28H42F3N9O. The molecule has 0 spiro atoms. The number of halogens is 3. The number of nitrogens with one attached hydrogen (secondary N) is 3. The van der Waals surface area contributed by atoms with Gasteiger partial charge in [-0.25, -0.2) is 9.98 Å². The fraction of sp³-hybridized carbons (Fsp3) is 0.821. The van der Waals surface area contributed by atoms with Gasteiger partial charge in [0.05, 0.1) is 0 Å². The molecule has 1 amide bonds. The first-order valence-electron chi connectivity index (χ1n) is 15.3. The van der Waals surface area contributed by atoms with Gasteiger partial charge in [0.15, 0.2) is 5.96 Å².